The molecule has 0 radical (unpaired) electrons. The number of piperidine rings is 1. The van der Waals surface area contributed by atoms with Crippen molar-refractivity contribution in [3.05, 3.63) is 46.0 Å². The fraction of sp³-hybridized carbons (Fsp3) is 0.640. The lowest BCUT2D eigenvalue weighted by Gasteiger charge is -2.39. The third-order valence-electron chi connectivity index (χ3n) is 7.70. The highest BCUT2D eigenvalue weighted by molar-refractivity contribution is 6.30. The fourth-order valence-electron chi connectivity index (χ4n) is 6.11. The Kier molecular flexibility index (Phi) is 6.17. The predicted octanol–water partition coefficient (Wildman–Crippen LogP) is 4.41. The predicted molar refractivity (Wildman–Crippen MR) is 126 cm³/mol. The molecule has 2 aliphatic heterocycles. The number of aromatic nitrogens is 2. The Morgan fingerprint density at radius 2 is 2.12 bits per heavy atom. The van der Waals surface area contributed by atoms with Crippen LogP contribution in [0.4, 0.5) is 8.78 Å². The smallest absolute Gasteiger partial charge is 0.260 e. The highest BCUT2D eigenvalue weighted by atomic mass is 35.5. The standard InChI is InChI=1S/C25H33ClF2N4O/c1-17-11-19(26)3-6-23(17)33-10-9-32-18(2)30-21-5-4-20(12-22(21)32)31-8-7-24(16-31)13-25(27,28)15-29-14-24/h3,6,11,20,29H,4-5,7-10,12-16H2,1-2H3. The van der Waals surface area contributed by atoms with Crippen LogP contribution in [0.3, 0.4) is 0 Å². The topological polar surface area (TPSA) is 42.3 Å². The van der Waals surface area contributed by atoms with Gasteiger partial charge in [0.05, 0.1) is 18.8 Å². The molecule has 2 unspecified atom stereocenters. The summed E-state index contributed by atoms with van der Waals surface area (Å²) in [6, 6.07) is 6.06. The minimum Gasteiger partial charge on any atom is -0.491 e. The second-order valence-corrected chi connectivity index (χ2v) is 10.7. The van der Waals surface area contributed by atoms with Crippen molar-refractivity contribution in [2.45, 2.75) is 64.5 Å². The van der Waals surface area contributed by atoms with E-state index in [-0.39, 0.29) is 18.4 Å². The Morgan fingerprint density at radius 1 is 1.27 bits per heavy atom. The summed E-state index contributed by atoms with van der Waals surface area (Å²) in [5.74, 6) is -0.720. The van der Waals surface area contributed by atoms with Gasteiger partial charge in [-0.15, -0.1) is 0 Å². The highest BCUT2D eigenvalue weighted by Gasteiger charge is 2.50. The average molecular weight is 479 g/mol. The van der Waals surface area contributed by atoms with Crippen LogP contribution in [-0.2, 0) is 19.4 Å². The molecule has 1 aliphatic carbocycles. The second-order valence-electron chi connectivity index (χ2n) is 10.2. The van der Waals surface area contributed by atoms with E-state index in [2.05, 4.69) is 21.7 Å². The van der Waals surface area contributed by atoms with E-state index in [1.165, 1.54) is 11.4 Å². The van der Waals surface area contributed by atoms with Gasteiger partial charge in [0.2, 0.25) is 0 Å². The molecule has 2 saturated heterocycles. The van der Waals surface area contributed by atoms with Crippen molar-refractivity contribution in [3.63, 3.8) is 0 Å². The number of ether oxygens (including phenoxy) is 1. The molecule has 1 aromatic carbocycles. The van der Waals surface area contributed by atoms with E-state index in [1.807, 2.05) is 25.1 Å². The van der Waals surface area contributed by atoms with Gasteiger partial charge in [-0.05, 0) is 63.4 Å². The number of halogens is 3. The maximum atomic E-state index is 14.1. The van der Waals surface area contributed by atoms with E-state index >= 15 is 0 Å². The molecule has 5 rings (SSSR count). The Labute approximate surface area is 199 Å². The molecule has 0 saturated carbocycles. The number of fused-ring (bicyclic) bond motifs is 1. The van der Waals surface area contributed by atoms with E-state index in [1.54, 1.807) is 0 Å². The van der Waals surface area contributed by atoms with Gasteiger partial charge in [-0.2, -0.15) is 0 Å². The molecule has 180 valence electrons. The lowest BCUT2D eigenvalue weighted by molar-refractivity contribution is -0.0668. The number of rotatable bonds is 5. The van der Waals surface area contributed by atoms with Crippen LogP contribution in [0.25, 0.3) is 0 Å². The average Bonchev–Trinajstić information content (AvgIpc) is 3.29. The second kappa shape index (κ2) is 8.82. The van der Waals surface area contributed by atoms with Crippen molar-refractivity contribution < 1.29 is 13.5 Å². The quantitative estimate of drug-likeness (QED) is 0.691. The zero-order valence-corrected chi connectivity index (χ0v) is 20.2. The summed E-state index contributed by atoms with van der Waals surface area (Å²) in [6.07, 6.45) is 3.79. The van der Waals surface area contributed by atoms with Gasteiger partial charge >= 0.3 is 0 Å². The molecule has 2 atom stereocenters. The molecule has 3 aliphatic rings. The normalized spacial score (nSPS) is 27.1. The lowest BCUT2D eigenvalue weighted by atomic mass is 9.78. The summed E-state index contributed by atoms with van der Waals surface area (Å²) in [4.78, 5) is 7.30. The number of alkyl halides is 2. The van der Waals surface area contributed by atoms with Crippen LogP contribution in [-0.4, -0.2) is 59.2 Å². The highest BCUT2D eigenvalue weighted by Crippen LogP contribution is 2.43. The monoisotopic (exact) mass is 478 g/mol. The molecule has 2 fully saturated rings. The number of hydrogen-bond acceptors (Lipinski definition) is 4. The van der Waals surface area contributed by atoms with Crippen LogP contribution >= 0.6 is 11.6 Å². The van der Waals surface area contributed by atoms with Crippen LogP contribution < -0.4 is 10.1 Å². The van der Waals surface area contributed by atoms with Crippen molar-refractivity contribution >= 4 is 11.6 Å². The number of nitrogens with zero attached hydrogens (tertiary/aromatic N) is 3. The van der Waals surface area contributed by atoms with E-state index < -0.39 is 5.92 Å². The van der Waals surface area contributed by atoms with Gasteiger partial charge in [0.15, 0.2) is 0 Å². The number of benzene rings is 1. The maximum absolute atomic E-state index is 14.1. The molecule has 1 aromatic heterocycles. The lowest BCUT2D eigenvalue weighted by Crippen LogP contribution is -2.52. The molecule has 1 N–H and O–H groups in total. The van der Waals surface area contributed by atoms with Crippen LogP contribution in [0.1, 0.15) is 42.0 Å². The molecule has 1 spiro atoms. The summed E-state index contributed by atoms with van der Waals surface area (Å²) in [5.41, 5.74) is 3.21. The summed E-state index contributed by atoms with van der Waals surface area (Å²) in [5, 5.41) is 3.70. The Balaban J connectivity index is 1.24. The summed E-state index contributed by atoms with van der Waals surface area (Å²) >= 11 is 6.05. The number of imidazole rings is 1. The summed E-state index contributed by atoms with van der Waals surface area (Å²) in [7, 11) is 0. The van der Waals surface area contributed by atoms with E-state index in [0.717, 1.165) is 62.5 Å². The Hall–Kier alpha value is -1.70. The van der Waals surface area contributed by atoms with Gasteiger partial charge in [0.1, 0.15) is 18.2 Å². The summed E-state index contributed by atoms with van der Waals surface area (Å²) in [6.45, 7) is 7.55. The molecule has 5 nitrogen and oxygen atoms in total. The van der Waals surface area contributed by atoms with E-state index in [4.69, 9.17) is 21.3 Å². The van der Waals surface area contributed by atoms with Crippen LogP contribution in [0, 0.1) is 19.3 Å². The maximum Gasteiger partial charge on any atom is 0.260 e. The molecule has 3 heterocycles. The van der Waals surface area contributed by atoms with Crippen molar-refractivity contribution in [1.29, 1.82) is 0 Å². The fourth-order valence-corrected chi connectivity index (χ4v) is 6.34. The van der Waals surface area contributed by atoms with E-state index in [9.17, 15) is 8.78 Å². The zero-order valence-electron chi connectivity index (χ0n) is 19.5. The minimum atomic E-state index is -2.59. The molecule has 0 bridgehead atoms. The first-order valence-electron chi connectivity index (χ1n) is 12.0. The van der Waals surface area contributed by atoms with Gasteiger partial charge in [0, 0.05) is 48.1 Å². The van der Waals surface area contributed by atoms with Gasteiger partial charge in [-0.1, -0.05) is 11.6 Å². The number of nitrogens with one attached hydrogen (secondary N) is 1. The van der Waals surface area contributed by atoms with Crippen LogP contribution in [0.5, 0.6) is 5.75 Å². The van der Waals surface area contributed by atoms with Crippen molar-refractivity contribution in [1.82, 2.24) is 19.8 Å². The number of aryl methyl sites for hydroxylation is 3. The van der Waals surface area contributed by atoms with Crippen molar-refractivity contribution in [3.8, 4) is 5.75 Å². The molecule has 8 heteroatoms. The Bertz CT molecular complexity index is 1030. The third-order valence-corrected chi connectivity index (χ3v) is 7.94. The molecule has 2 aromatic rings. The first-order chi connectivity index (χ1) is 15.7. The number of likely N-dealkylation sites (tertiary alicyclic amines) is 1. The SMILES string of the molecule is Cc1cc(Cl)ccc1OCCn1c(C)nc2c1CC(N1CCC3(CNCC(F)(F)C3)C1)CC2. The van der Waals surface area contributed by atoms with Crippen molar-refractivity contribution in [2.75, 3.05) is 32.8 Å². The zero-order chi connectivity index (χ0) is 23.2. The van der Waals surface area contributed by atoms with Gasteiger partial charge < -0.3 is 14.6 Å². The first kappa shape index (κ1) is 23.1. The van der Waals surface area contributed by atoms with Gasteiger partial charge in [-0.25, -0.2) is 13.8 Å². The number of hydrogen-bond donors (Lipinski definition) is 1. The van der Waals surface area contributed by atoms with E-state index in [0.29, 0.717) is 24.2 Å². The summed E-state index contributed by atoms with van der Waals surface area (Å²) < 4.78 is 36.5. The minimum absolute atomic E-state index is 0.0139. The van der Waals surface area contributed by atoms with Crippen molar-refractivity contribution in [2.24, 2.45) is 5.41 Å². The van der Waals surface area contributed by atoms with Gasteiger partial charge in [-0.3, -0.25) is 4.90 Å². The van der Waals surface area contributed by atoms with Gasteiger partial charge in [0.25, 0.3) is 5.92 Å². The molecule has 0 amide bonds. The Morgan fingerprint density at radius 3 is 2.91 bits per heavy atom. The first-order valence-corrected chi connectivity index (χ1v) is 12.4. The van der Waals surface area contributed by atoms with Crippen LogP contribution in [0.2, 0.25) is 5.02 Å². The third kappa shape index (κ3) is 4.77. The molecular formula is C25H33ClF2N4O. The molecule has 33 heavy (non-hydrogen) atoms. The van der Waals surface area contributed by atoms with Crippen LogP contribution in [0.15, 0.2) is 18.2 Å². The molecular weight excluding hydrogens is 446 g/mol. The largest absolute Gasteiger partial charge is 0.491 e.